The molecule has 1 amide bonds. The molecule has 0 saturated heterocycles. The minimum absolute atomic E-state index is 0.264. The van der Waals surface area contributed by atoms with Gasteiger partial charge in [0.1, 0.15) is 11.3 Å². The molecule has 34 heavy (non-hydrogen) atoms. The van der Waals surface area contributed by atoms with E-state index in [0.29, 0.717) is 22.5 Å². The maximum atomic E-state index is 12.6. The van der Waals surface area contributed by atoms with Crippen LogP contribution in [0.4, 0.5) is 16.3 Å². The average Bonchev–Trinajstić information content (AvgIpc) is 2.85. The Balaban J connectivity index is 1.96. The zero-order chi connectivity index (χ0) is 24.1. The fraction of sp³-hybridized carbons (Fsp3) is 0.125. The summed E-state index contributed by atoms with van der Waals surface area (Å²) in [5, 5.41) is 8.13. The van der Waals surface area contributed by atoms with Crippen molar-refractivity contribution in [1.82, 2.24) is 14.9 Å². The molecule has 1 N–H and O–H groups in total. The molecule has 0 aliphatic carbocycles. The third kappa shape index (κ3) is 4.71. The Morgan fingerprint density at radius 1 is 1.06 bits per heavy atom. The molecule has 2 heterocycles. The van der Waals surface area contributed by atoms with Crippen molar-refractivity contribution in [2.24, 2.45) is 5.11 Å². The van der Waals surface area contributed by atoms with Crippen LogP contribution in [-0.4, -0.2) is 35.1 Å². The number of fused-ring (bicyclic) bond motifs is 1. The summed E-state index contributed by atoms with van der Waals surface area (Å²) in [6, 6.07) is 17.4. The number of azide groups is 1. The highest BCUT2D eigenvalue weighted by Gasteiger charge is 2.26. The monoisotopic (exact) mass is 473 g/mol. The van der Waals surface area contributed by atoms with Crippen molar-refractivity contribution in [3.63, 3.8) is 0 Å². The Hall–Kier alpha value is -4.33. The predicted molar refractivity (Wildman–Crippen MR) is 131 cm³/mol. The van der Waals surface area contributed by atoms with E-state index >= 15 is 0 Å². The molecule has 170 valence electrons. The zero-order valence-corrected chi connectivity index (χ0v) is 19.1. The van der Waals surface area contributed by atoms with Gasteiger partial charge in [-0.2, -0.15) is 0 Å². The van der Waals surface area contributed by atoms with E-state index in [9.17, 15) is 4.79 Å². The molecule has 0 fully saturated rings. The van der Waals surface area contributed by atoms with E-state index in [1.165, 1.54) is 4.90 Å². The van der Waals surface area contributed by atoms with Crippen LogP contribution in [0.15, 0.2) is 78.2 Å². The third-order valence-corrected chi connectivity index (χ3v) is 5.46. The third-order valence-electron chi connectivity index (χ3n) is 5.05. The summed E-state index contributed by atoms with van der Waals surface area (Å²) in [7, 11) is 3.20. The number of halogens is 1. The lowest BCUT2D eigenvalue weighted by Gasteiger charge is -2.25. The van der Waals surface area contributed by atoms with E-state index in [2.05, 4.69) is 25.3 Å². The van der Waals surface area contributed by atoms with Crippen LogP contribution in [-0.2, 0) is 0 Å². The molecule has 1 atom stereocenters. The standard InChI is InChI=1S/C24H20ClN7O2/c1-32(2)24(33)34-23-17(12-11-15-7-6-14-28-21(15)23)22(29-19-10-3-4-13-27-19)16-8-5-9-18(20(16)25)30-31-26/h3-14,22H,1-2H3,(H,27,29). The summed E-state index contributed by atoms with van der Waals surface area (Å²) < 4.78 is 5.82. The molecule has 4 rings (SSSR count). The number of carbonyl (C=O) groups excluding carboxylic acids is 1. The fourth-order valence-corrected chi connectivity index (χ4v) is 3.72. The van der Waals surface area contributed by atoms with Crippen LogP contribution in [0.3, 0.4) is 0 Å². The smallest absolute Gasteiger partial charge is 0.407 e. The molecular weight excluding hydrogens is 454 g/mol. The van der Waals surface area contributed by atoms with Gasteiger partial charge in [-0.3, -0.25) is 4.98 Å². The number of anilines is 1. The number of hydrogen-bond acceptors (Lipinski definition) is 6. The van der Waals surface area contributed by atoms with E-state index in [-0.39, 0.29) is 16.5 Å². The molecule has 1 unspecified atom stereocenters. The Morgan fingerprint density at radius 3 is 2.62 bits per heavy atom. The van der Waals surface area contributed by atoms with Gasteiger partial charge in [0, 0.05) is 42.4 Å². The number of ether oxygens (including phenoxy) is 1. The molecule has 2 aromatic heterocycles. The van der Waals surface area contributed by atoms with Gasteiger partial charge in [-0.1, -0.05) is 59.2 Å². The maximum Gasteiger partial charge on any atom is 0.414 e. The van der Waals surface area contributed by atoms with Crippen molar-refractivity contribution in [1.29, 1.82) is 0 Å². The summed E-state index contributed by atoms with van der Waals surface area (Å²) >= 11 is 6.67. The second-order valence-electron chi connectivity index (χ2n) is 7.48. The summed E-state index contributed by atoms with van der Waals surface area (Å²) in [5.41, 5.74) is 10.9. The van der Waals surface area contributed by atoms with E-state index < -0.39 is 12.1 Å². The van der Waals surface area contributed by atoms with Crippen LogP contribution in [0.5, 0.6) is 5.75 Å². The molecule has 0 aliphatic heterocycles. The number of pyridine rings is 2. The average molecular weight is 474 g/mol. The first-order valence-electron chi connectivity index (χ1n) is 10.3. The minimum Gasteiger partial charge on any atom is -0.407 e. The molecule has 0 radical (unpaired) electrons. The van der Waals surface area contributed by atoms with Crippen LogP contribution in [0.1, 0.15) is 17.2 Å². The quantitative estimate of drug-likeness (QED) is 0.195. The fourth-order valence-electron chi connectivity index (χ4n) is 3.45. The highest BCUT2D eigenvalue weighted by atomic mass is 35.5. The Bertz CT molecular complexity index is 1390. The molecule has 0 spiro atoms. The highest BCUT2D eigenvalue weighted by Crippen LogP contribution is 2.41. The number of carbonyl (C=O) groups is 1. The van der Waals surface area contributed by atoms with Gasteiger partial charge in [0.25, 0.3) is 0 Å². The minimum atomic E-state index is -0.618. The second-order valence-corrected chi connectivity index (χ2v) is 7.86. The van der Waals surface area contributed by atoms with Crippen LogP contribution in [0.25, 0.3) is 21.3 Å². The zero-order valence-electron chi connectivity index (χ0n) is 18.4. The van der Waals surface area contributed by atoms with Crippen LogP contribution < -0.4 is 10.1 Å². The van der Waals surface area contributed by atoms with Crippen molar-refractivity contribution in [3.8, 4) is 5.75 Å². The largest absolute Gasteiger partial charge is 0.414 e. The topological polar surface area (TPSA) is 116 Å². The van der Waals surface area contributed by atoms with Gasteiger partial charge >= 0.3 is 6.09 Å². The van der Waals surface area contributed by atoms with Gasteiger partial charge in [0.2, 0.25) is 0 Å². The van der Waals surface area contributed by atoms with Gasteiger partial charge < -0.3 is 15.0 Å². The summed E-state index contributed by atoms with van der Waals surface area (Å²) in [6.07, 6.45) is 2.74. The van der Waals surface area contributed by atoms with E-state index in [1.807, 2.05) is 36.4 Å². The molecule has 0 saturated carbocycles. The van der Waals surface area contributed by atoms with Gasteiger partial charge in [0.15, 0.2) is 5.75 Å². The molecule has 2 aromatic carbocycles. The van der Waals surface area contributed by atoms with Crippen molar-refractivity contribution in [2.45, 2.75) is 6.04 Å². The number of nitrogens with zero attached hydrogens (tertiary/aromatic N) is 6. The van der Waals surface area contributed by atoms with E-state index in [4.69, 9.17) is 21.9 Å². The molecule has 0 bridgehead atoms. The van der Waals surface area contributed by atoms with E-state index in [0.717, 1.165) is 5.39 Å². The number of aromatic nitrogens is 2. The molecule has 9 nitrogen and oxygen atoms in total. The van der Waals surface area contributed by atoms with Crippen molar-refractivity contribution in [3.05, 3.63) is 99.6 Å². The first kappa shape index (κ1) is 22.8. The first-order chi connectivity index (χ1) is 16.5. The Labute approximate surface area is 200 Å². The van der Waals surface area contributed by atoms with E-state index in [1.54, 1.807) is 50.8 Å². The van der Waals surface area contributed by atoms with Crippen molar-refractivity contribution >= 4 is 40.1 Å². The maximum absolute atomic E-state index is 12.6. The second kappa shape index (κ2) is 10.1. The first-order valence-corrected chi connectivity index (χ1v) is 10.6. The normalized spacial score (nSPS) is 11.4. The van der Waals surface area contributed by atoms with Crippen molar-refractivity contribution in [2.75, 3.05) is 19.4 Å². The highest BCUT2D eigenvalue weighted by molar-refractivity contribution is 6.33. The van der Waals surface area contributed by atoms with Crippen LogP contribution >= 0.6 is 11.6 Å². The van der Waals surface area contributed by atoms with Crippen LogP contribution in [0, 0.1) is 0 Å². The molecular formula is C24H20ClN7O2. The lowest BCUT2D eigenvalue weighted by molar-refractivity contribution is 0.172. The number of hydrogen-bond donors (Lipinski definition) is 1. The number of rotatable bonds is 6. The number of nitrogens with one attached hydrogen (secondary N) is 1. The lowest BCUT2D eigenvalue weighted by Crippen LogP contribution is -2.26. The summed E-state index contributed by atoms with van der Waals surface area (Å²) in [5.74, 6) is 0.860. The van der Waals surface area contributed by atoms with Gasteiger partial charge in [-0.25, -0.2) is 9.78 Å². The number of amides is 1. The SMILES string of the molecule is CN(C)C(=O)Oc1c(C(Nc2ccccn2)c2cccc(N=[N+]=[N-])c2Cl)ccc2cccnc12. The van der Waals surface area contributed by atoms with Gasteiger partial charge in [-0.15, -0.1) is 0 Å². The van der Waals surface area contributed by atoms with Gasteiger partial charge in [-0.05, 0) is 29.3 Å². The number of benzene rings is 2. The lowest BCUT2D eigenvalue weighted by atomic mass is 9.95. The molecule has 10 heteroatoms. The predicted octanol–water partition coefficient (Wildman–Crippen LogP) is 6.49. The Kier molecular flexibility index (Phi) is 6.77. The van der Waals surface area contributed by atoms with Crippen LogP contribution in [0.2, 0.25) is 5.02 Å². The molecule has 0 aliphatic rings. The van der Waals surface area contributed by atoms with Crippen molar-refractivity contribution < 1.29 is 9.53 Å². The van der Waals surface area contributed by atoms with Gasteiger partial charge in [0.05, 0.1) is 16.8 Å². The molecule has 4 aromatic rings. The summed E-state index contributed by atoms with van der Waals surface area (Å²) in [4.78, 5) is 25.6. The Morgan fingerprint density at radius 2 is 1.88 bits per heavy atom. The summed E-state index contributed by atoms with van der Waals surface area (Å²) in [6.45, 7) is 0.